The van der Waals surface area contributed by atoms with Crippen LogP contribution in [0, 0.1) is 0 Å². The van der Waals surface area contributed by atoms with E-state index in [0.29, 0.717) is 0 Å². The van der Waals surface area contributed by atoms with Crippen LogP contribution in [0.3, 0.4) is 0 Å². The second-order valence-corrected chi connectivity index (χ2v) is 11.8. The fourth-order valence-corrected chi connectivity index (χ4v) is 5.65. The van der Waals surface area contributed by atoms with Crippen molar-refractivity contribution in [1.29, 1.82) is 0 Å². The van der Waals surface area contributed by atoms with Crippen LogP contribution in [-0.2, 0) is 0 Å². The number of rotatable bonds is 29. The Hall–Kier alpha value is -0.980. The lowest BCUT2D eigenvalue weighted by molar-refractivity contribution is 0.531. The van der Waals surface area contributed by atoms with Gasteiger partial charge in [0.1, 0.15) is 0 Å². The Balaban J connectivity index is 2.01. The van der Waals surface area contributed by atoms with Crippen LogP contribution >= 0.6 is 0 Å². The van der Waals surface area contributed by atoms with Gasteiger partial charge in [0.25, 0.3) is 0 Å². The van der Waals surface area contributed by atoms with Gasteiger partial charge in [0.05, 0.1) is 0 Å². The van der Waals surface area contributed by atoms with E-state index in [1.54, 1.807) is 0 Å². The third-order valence-electron chi connectivity index (χ3n) is 8.18. The van der Waals surface area contributed by atoms with Crippen molar-refractivity contribution in [2.75, 3.05) is 18.0 Å². The van der Waals surface area contributed by atoms with Crippen LogP contribution < -0.4 is 4.90 Å². The monoisotopic (exact) mass is 514 g/mol. The molecule has 0 bridgehead atoms. The maximum absolute atomic E-state index is 2.66. The van der Waals surface area contributed by atoms with Crippen LogP contribution in [0.15, 0.2) is 30.3 Å². The van der Waals surface area contributed by atoms with Crippen molar-refractivity contribution in [3.8, 4) is 0 Å². The summed E-state index contributed by atoms with van der Waals surface area (Å²) >= 11 is 0. The average Bonchev–Trinajstić information content (AvgIpc) is 2.93. The molecule has 1 nitrogen and oxygen atoms in total. The van der Waals surface area contributed by atoms with E-state index < -0.39 is 0 Å². The molecule has 1 heteroatoms. The molecule has 0 unspecified atom stereocenters. The Bertz CT molecular complexity index is 509. The van der Waals surface area contributed by atoms with Gasteiger partial charge >= 0.3 is 0 Å². The number of unbranched alkanes of at least 4 members (excludes halogenated alkanes) is 24. The SMILES string of the molecule is CCCCCCCCCCCCCCCN(CCCCCCCCCCCCCCC)c1ccccc1. The summed E-state index contributed by atoms with van der Waals surface area (Å²) in [5.74, 6) is 0. The van der Waals surface area contributed by atoms with Crippen molar-refractivity contribution in [3.63, 3.8) is 0 Å². The first-order valence-electron chi connectivity index (χ1n) is 17.2. The minimum Gasteiger partial charge on any atom is -0.372 e. The summed E-state index contributed by atoms with van der Waals surface area (Å²) in [6.07, 6.45) is 37.3. The molecule has 0 atom stereocenters. The molecule has 0 fully saturated rings. The van der Waals surface area contributed by atoms with Gasteiger partial charge in [-0.05, 0) is 25.0 Å². The van der Waals surface area contributed by atoms with Crippen molar-refractivity contribution in [2.45, 2.75) is 181 Å². The molecule has 0 aliphatic heterocycles. The summed E-state index contributed by atoms with van der Waals surface area (Å²) in [6.45, 7) is 7.08. The van der Waals surface area contributed by atoms with Crippen LogP contribution in [0.5, 0.6) is 0 Å². The van der Waals surface area contributed by atoms with Crippen LogP contribution in [0.1, 0.15) is 181 Å². The van der Waals surface area contributed by atoms with Gasteiger partial charge in [-0.2, -0.15) is 0 Å². The van der Waals surface area contributed by atoms with E-state index in [4.69, 9.17) is 0 Å². The van der Waals surface area contributed by atoms with Gasteiger partial charge in [-0.25, -0.2) is 0 Å². The number of benzene rings is 1. The van der Waals surface area contributed by atoms with Gasteiger partial charge in [-0.1, -0.05) is 186 Å². The molecule has 37 heavy (non-hydrogen) atoms. The normalized spacial score (nSPS) is 11.3. The van der Waals surface area contributed by atoms with E-state index in [1.807, 2.05) is 0 Å². The first-order valence-corrected chi connectivity index (χ1v) is 17.2. The van der Waals surface area contributed by atoms with E-state index in [9.17, 15) is 0 Å². The van der Waals surface area contributed by atoms with Crippen LogP contribution in [-0.4, -0.2) is 13.1 Å². The van der Waals surface area contributed by atoms with E-state index in [1.165, 1.54) is 186 Å². The molecule has 1 aromatic rings. The van der Waals surface area contributed by atoms with Gasteiger partial charge in [0.2, 0.25) is 0 Å². The van der Waals surface area contributed by atoms with E-state index in [-0.39, 0.29) is 0 Å². The van der Waals surface area contributed by atoms with Crippen LogP contribution in [0.2, 0.25) is 0 Å². The molecule has 0 saturated heterocycles. The van der Waals surface area contributed by atoms with Crippen LogP contribution in [0.4, 0.5) is 5.69 Å². The molecule has 0 aliphatic rings. The van der Waals surface area contributed by atoms with Gasteiger partial charge in [0, 0.05) is 18.8 Å². The lowest BCUT2D eigenvalue weighted by atomic mass is 10.0. The van der Waals surface area contributed by atoms with Crippen LogP contribution in [0.25, 0.3) is 0 Å². The maximum Gasteiger partial charge on any atom is 0.0366 e. The minimum absolute atomic E-state index is 1.24. The zero-order valence-electron chi connectivity index (χ0n) is 25.6. The molecule has 0 N–H and O–H groups in total. The molecule has 0 spiro atoms. The van der Waals surface area contributed by atoms with E-state index >= 15 is 0 Å². The zero-order chi connectivity index (χ0) is 26.5. The molecular formula is C36H67N. The summed E-state index contributed by atoms with van der Waals surface area (Å²) in [4.78, 5) is 2.66. The van der Waals surface area contributed by atoms with Gasteiger partial charge in [0.15, 0.2) is 0 Å². The molecule has 1 aromatic carbocycles. The first-order chi connectivity index (χ1) is 18.4. The predicted octanol–water partition coefficient (Wildman–Crippen LogP) is 12.7. The molecule has 0 radical (unpaired) electrons. The quantitative estimate of drug-likeness (QED) is 0.0962. The Morgan fingerprint density at radius 1 is 0.351 bits per heavy atom. The Kier molecular flexibility index (Phi) is 25.8. The van der Waals surface area contributed by atoms with Gasteiger partial charge < -0.3 is 4.90 Å². The fourth-order valence-electron chi connectivity index (χ4n) is 5.65. The molecule has 1 rings (SSSR count). The minimum atomic E-state index is 1.24. The third-order valence-corrected chi connectivity index (χ3v) is 8.18. The van der Waals surface area contributed by atoms with Crippen molar-refractivity contribution >= 4 is 5.69 Å². The van der Waals surface area contributed by atoms with Crippen molar-refractivity contribution in [2.24, 2.45) is 0 Å². The molecular weight excluding hydrogens is 446 g/mol. The Labute approximate surface area is 234 Å². The smallest absolute Gasteiger partial charge is 0.0366 e. The summed E-state index contributed by atoms with van der Waals surface area (Å²) in [6, 6.07) is 11.2. The Morgan fingerprint density at radius 2 is 0.622 bits per heavy atom. The van der Waals surface area contributed by atoms with Gasteiger partial charge in [-0.15, -0.1) is 0 Å². The maximum atomic E-state index is 2.66. The van der Waals surface area contributed by atoms with E-state index in [2.05, 4.69) is 49.1 Å². The third kappa shape index (κ3) is 22.7. The molecule has 216 valence electrons. The summed E-state index contributed by atoms with van der Waals surface area (Å²) in [7, 11) is 0. The largest absolute Gasteiger partial charge is 0.372 e. The number of para-hydroxylation sites is 1. The average molecular weight is 514 g/mol. The molecule has 0 amide bonds. The van der Waals surface area contributed by atoms with Crippen molar-refractivity contribution < 1.29 is 0 Å². The molecule has 0 saturated carbocycles. The topological polar surface area (TPSA) is 3.24 Å². The summed E-state index contributed by atoms with van der Waals surface area (Å²) in [5, 5.41) is 0. The standard InChI is InChI=1S/C36H67N/c1-3-5-7-9-11-13-15-17-19-21-23-25-30-34-37(36-32-28-27-29-33-36)35-31-26-24-22-20-18-16-14-12-10-8-6-4-2/h27-29,32-33H,3-26,30-31,34-35H2,1-2H3. The fraction of sp³-hybridized carbons (Fsp3) is 0.833. The number of anilines is 1. The molecule has 0 aromatic heterocycles. The first kappa shape index (κ1) is 34.0. The summed E-state index contributed by atoms with van der Waals surface area (Å²) < 4.78 is 0. The zero-order valence-corrected chi connectivity index (χ0v) is 25.6. The van der Waals surface area contributed by atoms with Gasteiger partial charge in [-0.3, -0.25) is 0 Å². The number of hydrogen-bond acceptors (Lipinski definition) is 1. The highest BCUT2D eigenvalue weighted by molar-refractivity contribution is 5.45. The molecule has 0 heterocycles. The highest BCUT2D eigenvalue weighted by Crippen LogP contribution is 2.18. The number of nitrogens with zero attached hydrogens (tertiary/aromatic N) is 1. The summed E-state index contributed by atoms with van der Waals surface area (Å²) in [5.41, 5.74) is 1.43. The second-order valence-electron chi connectivity index (χ2n) is 11.8. The lowest BCUT2D eigenvalue weighted by Crippen LogP contribution is -2.25. The highest BCUT2D eigenvalue weighted by Gasteiger charge is 2.06. The lowest BCUT2D eigenvalue weighted by Gasteiger charge is -2.25. The second kappa shape index (κ2) is 28.0. The van der Waals surface area contributed by atoms with E-state index in [0.717, 1.165) is 0 Å². The van der Waals surface area contributed by atoms with Crippen molar-refractivity contribution in [3.05, 3.63) is 30.3 Å². The number of hydrogen-bond donors (Lipinski definition) is 0. The van der Waals surface area contributed by atoms with Crippen molar-refractivity contribution in [1.82, 2.24) is 0 Å². The highest BCUT2D eigenvalue weighted by atomic mass is 15.1. The predicted molar refractivity (Wildman–Crippen MR) is 170 cm³/mol. The molecule has 0 aliphatic carbocycles. The Morgan fingerprint density at radius 3 is 0.919 bits per heavy atom.